The molecule has 0 saturated carbocycles. The van der Waals surface area contributed by atoms with Gasteiger partial charge in [0.1, 0.15) is 48.8 Å². The predicted molar refractivity (Wildman–Crippen MR) is 351 cm³/mol. The zero-order valence-corrected chi connectivity index (χ0v) is 54.8. The minimum Gasteiger partial charge on any atom is -0.394 e. The fourth-order valence-electron chi connectivity index (χ4n) is 11.9. The fourth-order valence-corrected chi connectivity index (χ4v) is 11.9. The van der Waals surface area contributed by atoms with Crippen LogP contribution in [-0.4, -0.2) is 140 Å². The first-order chi connectivity index (χ1) is 42.1. The first-order valence-corrected chi connectivity index (χ1v) is 35.9. The van der Waals surface area contributed by atoms with Crippen LogP contribution in [0.2, 0.25) is 0 Å². The van der Waals surface area contributed by atoms with Crippen LogP contribution < -0.4 is 5.32 Å². The molecule has 1 amide bonds. The average molecular weight is 1220 g/mol. The van der Waals surface area contributed by atoms with Crippen molar-refractivity contribution in [1.29, 1.82) is 0 Å². The largest absolute Gasteiger partial charge is 0.394 e. The Morgan fingerprint density at radius 1 is 0.430 bits per heavy atom. The number of hydrogen-bond donors (Lipinski definition) is 9. The molecule has 0 aromatic carbocycles. The summed E-state index contributed by atoms with van der Waals surface area (Å²) in [6.07, 6.45) is 57.3. The molecule has 12 atom stereocenters. The predicted octanol–water partition coefficient (Wildman–Crippen LogP) is 14.7. The number of allylic oxidation sites excluding steroid dienone is 8. The lowest BCUT2D eigenvalue weighted by molar-refractivity contribution is -0.359. The molecule has 9 N–H and O–H groups in total. The molecular weight excluding hydrogens is 1090 g/mol. The minimum atomic E-state index is -1.78. The van der Waals surface area contributed by atoms with Crippen LogP contribution in [0.15, 0.2) is 48.6 Å². The summed E-state index contributed by atoms with van der Waals surface area (Å²) in [5.74, 6) is -0.202. The van der Waals surface area contributed by atoms with Crippen molar-refractivity contribution in [3.8, 4) is 0 Å². The Labute approximate surface area is 524 Å². The Morgan fingerprint density at radius 3 is 1.23 bits per heavy atom. The summed E-state index contributed by atoms with van der Waals surface area (Å²) in [4.78, 5) is 13.3. The molecule has 86 heavy (non-hydrogen) atoms. The van der Waals surface area contributed by atoms with Crippen molar-refractivity contribution in [2.75, 3.05) is 19.8 Å². The van der Waals surface area contributed by atoms with Gasteiger partial charge in [0.15, 0.2) is 12.6 Å². The summed E-state index contributed by atoms with van der Waals surface area (Å²) in [6, 6.07) is -0.826. The Bertz CT molecular complexity index is 1630. The number of nitrogens with one attached hydrogen (secondary N) is 1. The molecule has 0 radical (unpaired) electrons. The van der Waals surface area contributed by atoms with E-state index in [0.29, 0.717) is 12.8 Å². The molecule has 0 aliphatic carbocycles. The van der Waals surface area contributed by atoms with Gasteiger partial charge in [-0.05, 0) is 51.4 Å². The quantitative estimate of drug-likeness (QED) is 0.0204. The maximum Gasteiger partial charge on any atom is 0.220 e. The summed E-state index contributed by atoms with van der Waals surface area (Å²) in [5, 5.41) is 87.4. The summed E-state index contributed by atoms with van der Waals surface area (Å²) in [5.41, 5.74) is 0. The van der Waals surface area contributed by atoms with Crippen molar-refractivity contribution >= 4 is 5.91 Å². The average Bonchev–Trinajstić information content (AvgIpc) is 2.76. The minimum absolute atomic E-state index is 0.202. The number of rotatable bonds is 59. The highest BCUT2D eigenvalue weighted by atomic mass is 16.7. The summed E-state index contributed by atoms with van der Waals surface area (Å²) in [6.45, 7) is 2.77. The number of ether oxygens (including phenoxy) is 4. The van der Waals surface area contributed by atoms with Gasteiger partial charge >= 0.3 is 0 Å². The smallest absolute Gasteiger partial charge is 0.220 e. The van der Waals surface area contributed by atoms with Gasteiger partial charge in [-0.15, -0.1) is 0 Å². The Kier molecular flexibility index (Phi) is 53.0. The van der Waals surface area contributed by atoms with Crippen molar-refractivity contribution in [3.63, 3.8) is 0 Å². The second kappa shape index (κ2) is 56.9. The Morgan fingerprint density at radius 2 is 0.802 bits per heavy atom. The normalized spacial score (nSPS) is 23.7. The maximum atomic E-state index is 13.3. The molecule has 0 bridgehead atoms. The molecule has 504 valence electrons. The first-order valence-electron chi connectivity index (χ1n) is 35.9. The number of hydrogen-bond acceptors (Lipinski definition) is 13. The van der Waals surface area contributed by atoms with E-state index in [2.05, 4.69) is 67.8 Å². The molecule has 0 aromatic heterocycles. The number of aliphatic hydroxyl groups is 8. The molecule has 0 aromatic rings. The summed E-state index contributed by atoms with van der Waals surface area (Å²) in [7, 11) is 0. The van der Waals surface area contributed by atoms with Gasteiger partial charge in [-0.2, -0.15) is 0 Å². The van der Waals surface area contributed by atoms with Crippen molar-refractivity contribution < 1.29 is 64.6 Å². The molecule has 2 saturated heterocycles. The lowest BCUT2D eigenvalue weighted by Gasteiger charge is -2.46. The molecule has 12 unspecified atom stereocenters. The molecule has 14 heteroatoms. The van der Waals surface area contributed by atoms with Crippen LogP contribution in [-0.2, 0) is 23.7 Å². The molecular formula is C72H133NO13. The number of unbranched alkanes of at least 4 members (excludes halogenated alkanes) is 38. The van der Waals surface area contributed by atoms with Crippen molar-refractivity contribution in [1.82, 2.24) is 5.32 Å². The topological polar surface area (TPSA) is 228 Å². The standard InChI is InChI=1S/C72H133NO13/c1-3-5-7-9-11-13-15-17-18-19-20-21-22-23-24-25-26-27-28-29-30-31-32-33-34-35-36-37-38-39-40-41-42-44-46-48-50-52-54-56-64(77)73-60(61(76)55-53-51-49-47-45-43-16-14-12-10-8-6-4-2)59-83-71-69(82)67(80)70(63(58-75)85-71)86-72-68(81)66(79)65(78)62(57-74)84-72/h5,7,11,13,17-18,20-21,60-63,65-72,74-76,78-82H,3-4,6,8-10,12,14-16,19,22-59H2,1-2H3,(H,73,77)/b7-5-,13-11-,18-17-,21-20-. The lowest BCUT2D eigenvalue weighted by atomic mass is 9.97. The van der Waals surface area contributed by atoms with Crippen molar-refractivity contribution in [2.45, 2.75) is 383 Å². The van der Waals surface area contributed by atoms with E-state index in [1.54, 1.807) is 0 Å². The molecule has 2 aliphatic rings. The lowest BCUT2D eigenvalue weighted by Crippen LogP contribution is -2.65. The maximum absolute atomic E-state index is 13.3. The van der Waals surface area contributed by atoms with Crippen molar-refractivity contribution in [2.24, 2.45) is 0 Å². The van der Waals surface area contributed by atoms with E-state index in [1.165, 1.54) is 205 Å². The van der Waals surface area contributed by atoms with E-state index in [1.807, 2.05) is 0 Å². The van der Waals surface area contributed by atoms with Gasteiger partial charge in [0.25, 0.3) is 0 Å². The number of aliphatic hydroxyl groups excluding tert-OH is 8. The van der Waals surface area contributed by atoms with Crippen LogP contribution in [0.1, 0.15) is 309 Å². The third kappa shape index (κ3) is 40.6. The Balaban J connectivity index is 1.54. The second-order valence-corrected chi connectivity index (χ2v) is 25.3. The van der Waals surface area contributed by atoms with Crippen LogP contribution in [0.25, 0.3) is 0 Å². The zero-order valence-electron chi connectivity index (χ0n) is 54.8. The van der Waals surface area contributed by atoms with Gasteiger partial charge in [0.05, 0.1) is 32.0 Å². The third-order valence-corrected chi connectivity index (χ3v) is 17.6. The highest BCUT2D eigenvalue weighted by molar-refractivity contribution is 5.76. The van der Waals surface area contributed by atoms with E-state index in [-0.39, 0.29) is 12.5 Å². The van der Waals surface area contributed by atoms with Gasteiger partial charge < -0.3 is 65.1 Å². The summed E-state index contributed by atoms with van der Waals surface area (Å²) >= 11 is 0. The summed E-state index contributed by atoms with van der Waals surface area (Å²) < 4.78 is 22.9. The SMILES string of the molecule is CC/C=C\C/C=C\C/C=C\C/C=C\CCCCCCCCCCCCCCCCCCCCCCCCCCCCC(=O)NC(COC1OC(CO)C(OC2OC(CO)C(O)C(O)C2O)C(O)C1O)C(O)CCCCCCCCCCCCCCC. The van der Waals surface area contributed by atoms with Gasteiger partial charge in [-0.3, -0.25) is 4.79 Å². The molecule has 0 spiro atoms. The van der Waals surface area contributed by atoms with Gasteiger partial charge in [-0.25, -0.2) is 0 Å². The molecule has 2 rings (SSSR count). The van der Waals surface area contributed by atoms with Crippen LogP contribution in [0.3, 0.4) is 0 Å². The number of amides is 1. The van der Waals surface area contributed by atoms with Crippen LogP contribution in [0, 0.1) is 0 Å². The molecule has 2 heterocycles. The van der Waals surface area contributed by atoms with E-state index < -0.39 is 86.8 Å². The van der Waals surface area contributed by atoms with E-state index in [0.717, 1.165) is 77.0 Å². The zero-order chi connectivity index (χ0) is 62.3. The van der Waals surface area contributed by atoms with E-state index in [4.69, 9.17) is 18.9 Å². The highest BCUT2D eigenvalue weighted by Gasteiger charge is 2.51. The number of carbonyl (C=O) groups is 1. The molecule has 2 fully saturated rings. The Hall–Kier alpha value is -2.05. The fraction of sp³-hybridized carbons (Fsp3) is 0.875. The molecule has 14 nitrogen and oxygen atoms in total. The third-order valence-electron chi connectivity index (χ3n) is 17.6. The van der Waals surface area contributed by atoms with Crippen LogP contribution >= 0.6 is 0 Å². The van der Waals surface area contributed by atoms with Crippen LogP contribution in [0.5, 0.6) is 0 Å². The van der Waals surface area contributed by atoms with Crippen molar-refractivity contribution in [3.05, 3.63) is 48.6 Å². The number of carbonyl (C=O) groups excluding carboxylic acids is 1. The molecule has 2 aliphatic heterocycles. The highest BCUT2D eigenvalue weighted by Crippen LogP contribution is 2.30. The van der Waals surface area contributed by atoms with Gasteiger partial charge in [0.2, 0.25) is 5.91 Å². The van der Waals surface area contributed by atoms with E-state index >= 15 is 0 Å². The van der Waals surface area contributed by atoms with Gasteiger partial charge in [0, 0.05) is 6.42 Å². The van der Waals surface area contributed by atoms with Crippen LogP contribution in [0.4, 0.5) is 0 Å². The first kappa shape index (κ1) is 80.0. The van der Waals surface area contributed by atoms with E-state index in [9.17, 15) is 45.6 Å². The van der Waals surface area contributed by atoms with Gasteiger partial charge in [-0.1, -0.05) is 300 Å². The second-order valence-electron chi connectivity index (χ2n) is 25.3. The monoisotopic (exact) mass is 1220 g/mol.